The molecular formula is C8H16N2O3. The van der Waals surface area contributed by atoms with E-state index in [4.69, 9.17) is 5.73 Å². The molecule has 5 heteroatoms. The van der Waals surface area contributed by atoms with Crippen molar-refractivity contribution in [3.63, 3.8) is 0 Å². The Hall–Kier alpha value is -0.810. The number of carbonyl (C=O) groups excluding carboxylic acids is 1. The molecule has 0 bridgehead atoms. The Kier molecular flexibility index (Phi) is 3.11. The zero-order chi connectivity index (χ0) is 9.90. The van der Waals surface area contributed by atoms with Crippen LogP contribution >= 0.6 is 0 Å². The van der Waals surface area contributed by atoms with Crippen molar-refractivity contribution in [2.75, 3.05) is 26.7 Å². The number of nitrogens with zero attached hydrogens (tertiary/aromatic N) is 1. The quantitative estimate of drug-likeness (QED) is 0.583. The molecule has 1 saturated heterocycles. The van der Waals surface area contributed by atoms with Gasteiger partial charge in [-0.15, -0.1) is 0 Å². The summed E-state index contributed by atoms with van der Waals surface area (Å²) in [5.74, 6) is 0. The molecule has 1 atom stereocenters. The van der Waals surface area contributed by atoms with Crippen molar-refractivity contribution in [2.24, 2.45) is 5.73 Å². The van der Waals surface area contributed by atoms with Crippen molar-refractivity contribution < 1.29 is 14.6 Å². The van der Waals surface area contributed by atoms with E-state index in [0.29, 0.717) is 13.0 Å². The lowest BCUT2D eigenvalue weighted by molar-refractivity contribution is -0.0201. The lowest BCUT2D eigenvalue weighted by Crippen LogP contribution is -2.54. The predicted molar refractivity (Wildman–Crippen MR) is 47.2 cm³/mol. The van der Waals surface area contributed by atoms with Gasteiger partial charge in [0.25, 0.3) is 0 Å². The van der Waals surface area contributed by atoms with Gasteiger partial charge in [0.15, 0.2) is 0 Å². The minimum atomic E-state index is -0.924. The van der Waals surface area contributed by atoms with Gasteiger partial charge in [-0.1, -0.05) is 0 Å². The van der Waals surface area contributed by atoms with Gasteiger partial charge in [0, 0.05) is 13.1 Å². The van der Waals surface area contributed by atoms with E-state index in [1.807, 2.05) is 0 Å². The fourth-order valence-corrected chi connectivity index (χ4v) is 1.56. The molecule has 1 rings (SSSR count). The van der Waals surface area contributed by atoms with Crippen LogP contribution in [0.25, 0.3) is 0 Å². The average Bonchev–Trinajstić information content (AvgIpc) is 2.17. The fraction of sp³-hybridized carbons (Fsp3) is 0.875. The predicted octanol–water partition coefficient (Wildman–Crippen LogP) is -0.462. The van der Waals surface area contributed by atoms with Crippen molar-refractivity contribution >= 4 is 6.09 Å². The average molecular weight is 188 g/mol. The number of hydrogen-bond acceptors (Lipinski definition) is 4. The first kappa shape index (κ1) is 10.3. The van der Waals surface area contributed by atoms with E-state index in [9.17, 15) is 9.90 Å². The normalized spacial score (nSPS) is 28.7. The van der Waals surface area contributed by atoms with Gasteiger partial charge >= 0.3 is 6.09 Å². The Morgan fingerprint density at radius 1 is 1.77 bits per heavy atom. The molecule has 0 spiro atoms. The number of methoxy groups -OCH3 is 1. The van der Waals surface area contributed by atoms with Gasteiger partial charge in [-0.2, -0.15) is 0 Å². The molecule has 0 aromatic heterocycles. The number of hydrogen-bond donors (Lipinski definition) is 2. The molecule has 0 radical (unpaired) electrons. The van der Waals surface area contributed by atoms with Gasteiger partial charge in [0.1, 0.15) is 0 Å². The van der Waals surface area contributed by atoms with Gasteiger partial charge in [-0.3, -0.25) is 0 Å². The van der Waals surface area contributed by atoms with Crippen LogP contribution in [0, 0.1) is 0 Å². The zero-order valence-corrected chi connectivity index (χ0v) is 7.82. The number of nitrogens with two attached hydrogens (primary N) is 1. The van der Waals surface area contributed by atoms with Crippen LogP contribution in [-0.4, -0.2) is 48.4 Å². The second-order valence-corrected chi connectivity index (χ2v) is 3.42. The standard InChI is InChI=1S/C8H16N2O3/c1-13-7(11)10-4-2-3-8(12,5-9)6-10/h12H,2-6,9H2,1H3. The van der Waals surface area contributed by atoms with Gasteiger partial charge in [0.2, 0.25) is 0 Å². The molecular weight excluding hydrogens is 172 g/mol. The largest absolute Gasteiger partial charge is 0.453 e. The number of rotatable bonds is 1. The number of amides is 1. The Balaban J connectivity index is 2.56. The first-order valence-electron chi connectivity index (χ1n) is 4.37. The van der Waals surface area contributed by atoms with Gasteiger partial charge < -0.3 is 20.5 Å². The van der Waals surface area contributed by atoms with E-state index >= 15 is 0 Å². The van der Waals surface area contributed by atoms with Gasteiger partial charge in [-0.05, 0) is 12.8 Å². The smallest absolute Gasteiger partial charge is 0.409 e. The summed E-state index contributed by atoms with van der Waals surface area (Å²) in [7, 11) is 1.33. The maximum absolute atomic E-state index is 11.1. The lowest BCUT2D eigenvalue weighted by atomic mass is 9.93. The van der Waals surface area contributed by atoms with Crippen LogP contribution < -0.4 is 5.73 Å². The molecule has 1 fully saturated rings. The van der Waals surface area contributed by atoms with Gasteiger partial charge in [-0.25, -0.2) is 4.79 Å². The maximum atomic E-state index is 11.1. The van der Waals surface area contributed by atoms with Crippen LogP contribution in [0.1, 0.15) is 12.8 Å². The number of ether oxygens (including phenoxy) is 1. The van der Waals surface area contributed by atoms with Crippen LogP contribution in [0.2, 0.25) is 0 Å². The third kappa shape index (κ3) is 2.32. The highest BCUT2D eigenvalue weighted by Crippen LogP contribution is 2.20. The van der Waals surface area contributed by atoms with Crippen LogP contribution in [0.15, 0.2) is 0 Å². The Bertz CT molecular complexity index is 198. The highest BCUT2D eigenvalue weighted by Gasteiger charge is 2.34. The van der Waals surface area contributed by atoms with Crippen LogP contribution in [0.4, 0.5) is 4.79 Å². The fourth-order valence-electron chi connectivity index (χ4n) is 1.56. The van der Waals surface area contributed by atoms with E-state index in [0.717, 1.165) is 6.42 Å². The molecule has 1 amide bonds. The van der Waals surface area contributed by atoms with E-state index in [2.05, 4.69) is 4.74 Å². The molecule has 0 aromatic rings. The van der Waals surface area contributed by atoms with Crippen LogP contribution in [0.5, 0.6) is 0 Å². The molecule has 1 unspecified atom stereocenters. The van der Waals surface area contributed by atoms with E-state index in [1.54, 1.807) is 0 Å². The number of piperidine rings is 1. The summed E-state index contributed by atoms with van der Waals surface area (Å²) < 4.78 is 4.56. The molecule has 0 saturated carbocycles. The molecule has 0 aromatic carbocycles. The summed E-state index contributed by atoms with van der Waals surface area (Å²) in [5.41, 5.74) is 4.49. The minimum absolute atomic E-state index is 0.181. The summed E-state index contributed by atoms with van der Waals surface area (Å²) in [6.45, 7) is 1.09. The number of β-amino-alcohol motifs (C(OH)–C–C–N with tert-alkyl or cyclic N) is 1. The first-order chi connectivity index (χ1) is 6.11. The summed E-state index contributed by atoms with van der Waals surface area (Å²) in [4.78, 5) is 12.6. The Labute approximate surface area is 77.5 Å². The molecule has 0 aliphatic carbocycles. The third-order valence-electron chi connectivity index (χ3n) is 2.37. The van der Waals surface area contributed by atoms with Gasteiger partial charge in [0.05, 0.1) is 19.3 Å². The van der Waals surface area contributed by atoms with Crippen molar-refractivity contribution in [3.8, 4) is 0 Å². The number of aliphatic hydroxyl groups is 1. The highest BCUT2D eigenvalue weighted by molar-refractivity contribution is 5.67. The summed E-state index contributed by atoms with van der Waals surface area (Å²) in [5, 5.41) is 9.82. The molecule has 1 aliphatic heterocycles. The van der Waals surface area contributed by atoms with Crippen molar-refractivity contribution in [2.45, 2.75) is 18.4 Å². The Morgan fingerprint density at radius 3 is 3.00 bits per heavy atom. The lowest BCUT2D eigenvalue weighted by Gasteiger charge is -2.37. The molecule has 3 N–H and O–H groups in total. The minimum Gasteiger partial charge on any atom is -0.453 e. The SMILES string of the molecule is COC(=O)N1CCCC(O)(CN)C1. The molecule has 5 nitrogen and oxygen atoms in total. The van der Waals surface area contributed by atoms with Crippen molar-refractivity contribution in [1.82, 2.24) is 4.90 Å². The second kappa shape index (κ2) is 3.93. The first-order valence-corrected chi connectivity index (χ1v) is 4.37. The summed E-state index contributed by atoms with van der Waals surface area (Å²) in [6.07, 6.45) is 1.02. The monoisotopic (exact) mass is 188 g/mol. The van der Waals surface area contributed by atoms with E-state index in [1.165, 1.54) is 12.0 Å². The number of carbonyl (C=O) groups is 1. The zero-order valence-electron chi connectivity index (χ0n) is 7.82. The topological polar surface area (TPSA) is 75.8 Å². The van der Waals surface area contributed by atoms with Crippen LogP contribution in [0.3, 0.4) is 0 Å². The second-order valence-electron chi connectivity index (χ2n) is 3.42. The van der Waals surface area contributed by atoms with E-state index < -0.39 is 11.7 Å². The van der Waals surface area contributed by atoms with Crippen LogP contribution in [-0.2, 0) is 4.74 Å². The van der Waals surface area contributed by atoms with E-state index in [-0.39, 0.29) is 13.1 Å². The van der Waals surface area contributed by atoms with Crippen molar-refractivity contribution in [1.29, 1.82) is 0 Å². The maximum Gasteiger partial charge on any atom is 0.409 e. The molecule has 76 valence electrons. The molecule has 1 heterocycles. The Morgan fingerprint density at radius 2 is 2.46 bits per heavy atom. The molecule has 1 aliphatic rings. The summed E-state index contributed by atoms with van der Waals surface area (Å²) in [6, 6.07) is 0. The summed E-state index contributed by atoms with van der Waals surface area (Å²) >= 11 is 0. The highest BCUT2D eigenvalue weighted by atomic mass is 16.5. The molecule has 13 heavy (non-hydrogen) atoms. The van der Waals surface area contributed by atoms with Crippen molar-refractivity contribution in [3.05, 3.63) is 0 Å². The third-order valence-corrected chi connectivity index (χ3v) is 2.37. The number of likely N-dealkylation sites (tertiary alicyclic amines) is 1.